The highest BCUT2D eigenvalue weighted by Crippen LogP contribution is 2.21. The Kier molecular flexibility index (Phi) is 7.29. The second-order valence-corrected chi connectivity index (χ2v) is 8.99. The molecule has 0 spiro atoms. The second-order valence-electron chi connectivity index (χ2n) is 7.05. The van der Waals surface area contributed by atoms with Gasteiger partial charge in [-0.15, -0.1) is 0 Å². The van der Waals surface area contributed by atoms with Crippen LogP contribution in [-0.2, 0) is 27.9 Å². The van der Waals surface area contributed by atoms with Crippen molar-refractivity contribution in [3.63, 3.8) is 0 Å². The predicted molar refractivity (Wildman–Crippen MR) is 119 cm³/mol. The van der Waals surface area contributed by atoms with Crippen LogP contribution >= 0.6 is 0 Å². The average Bonchev–Trinajstić information content (AvgIpc) is 3.19. The fraction of sp³-hybridized carbons (Fsp3) is 0.364. The fourth-order valence-electron chi connectivity index (χ4n) is 3.35. The number of nitrogens with zero attached hydrogens (tertiary/aromatic N) is 3. The van der Waals surface area contributed by atoms with Crippen LogP contribution in [0.15, 0.2) is 53.7 Å². The monoisotopic (exact) mass is 444 g/mol. The molecule has 31 heavy (non-hydrogen) atoms. The Balaban J connectivity index is 1.62. The molecule has 9 heteroatoms. The maximum absolute atomic E-state index is 12.7. The molecule has 1 amide bonds. The lowest BCUT2D eigenvalue weighted by molar-refractivity contribution is -0.121. The molecule has 0 aliphatic carbocycles. The molecule has 1 heterocycles. The number of nitrogens with one attached hydrogen (secondary N) is 1. The Bertz CT molecular complexity index is 1140. The molecule has 3 aromatic rings. The van der Waals surface area contributed by atoms with Gasteiger partial charge < -0.3 is 14.6 Å². The van der Waals surface area contributed by atoms with E-state index < -0.39 is 10.0 Å². The first-order valence-electron chi connectivity index (χ1n) is 10.2. The Labute approximate surface area is 182 Å². The number of amides is 1. The minimum absolute atomic E-state index is 0.0709. The van der Waals surface area contributed by atoms with Crippen LogP contribution in [0.1, 0.15) is 25.8 Å². The molecule has 0 bridgehead atoms. The summed E-state index contributed by atoms with van der Waals surface area (Å²) < 4.78 is 33.8. The molecule has 1 aromatic heterocycles. The van der Waals surface area contributed by atoms with E-state index in [1.54, 1.807) is 31.6 Å². The predicted octanol–water partition coefficient (Wildman–Crippen LogP) is 2.78. The van der Waals surface area contributed by atoms with Gasteiger partial charge in [-0.05, 0) is 35.9 Å². The molecular formula is C22H28N4O4S. The lowest BCUT2D eigenvalue weighted by Gasteiger charge is -2.18. The normalized spacial score (nSPS) is 11.7. The van der Waals surface area contributed by atoms with E-state index in [9.17, 15) is 13.2 Å². The molecule has 0 aliphatic heterocycles. The van der Waals surface area contributed by atoms with Crippen LogP contribution in [0.2, 0.25) is 0 Å². The SMILES string of the molecule is CCN(CC)S(=O)(=O)c1ccc2c(c1)ncn2CCC(=O)NCc1ccc(OC)cc1. The lowest BCUT2D eigenvalue weighted by atomic mass is 10.2. The number of imidazole rings is 1. The zero-order chi connectivity index (χ0) is 22.4. The number of hydrogen-bond donors (Lipinski definition) is 1. The van der Waals surface area contributed by atoms with E-state index in [1.807, 2.05) is 42.7 Å². The summed E-state index contributed by atoms with van der Waals surface area (Å²) >= 11 is 0. The first-order chi connectivity index (χ1) is 14.9. The zero-order valence-corrected chi connectivity index (χ0v) is 18.9. The summed E-state index contributed by atoms with van der Waals surface area (Å²) in [5, 5.41) is 2.90. The number of hydrogen-bond acceptors (Lipinski definition) is 5. The maximum atomic E-state index is 12.7. The Morgan fingerprint density at radius 3 is 2.48 bits per heavy atom. The van der Waals surface area contributed by atoms with Gasteiger partial charge in [0.1, 0.15) is 5.75 Å². The van der Waals surface area contributed by atoms with Crippen molar-refractivity contribution in [1.29, 1.82) is 0 Å². The number of carbonyl (C=O) groups excluding carboxylic acids is 1. The zero-order valence-electron chi connectivity index (χ0n) is 18.0. The van der Waals surface area contributed by atoms with E-state index in [0.717, 1.165) is 16.8 Å². The standard InChI is InChI=1S/C22H28N4O4S/c1-4-26(5-2)31(28,29)19-10-11-21-20(14-19)24-16-25(21)13-12-22(27)23-15-17-6-8-18(30-3)9-7-17/h6-11,14,16H,4-5,12-13,15H2,1-3H3,(H,23,27). The van der Waals surface area contributed by atoms with Gasteiger partial charge in [0.2, 0.25) is 15.9 Å². The van der Waals surface area contributed by atoms with E-state index in [1.165, 1.54) is 4.31 Å². The molecule has 166 valence electrons. The van der Waals surface area contributed by atoms with E-state index >= 15 is 0 Å². The van der Waals surface area contributed by atoms with Crippen molar-refractivity contribution < 1.29 is 17.9 Å². The molecule has 0 atom stereocenters. The minimum Gasteiger partial charge on any atom is -0.497 e. The summed E-state index contributed by atoms with van der Waals surface area (Å²) in [6.45, 7) is 5.35. The summed E-state index contributed by atoms with van der Waals surface area (Å²) in [4.78, 5) is 16.8. The molecule has 0 saturated carbocycles. The van der Waals surface area contributed by atoms with Crippen LogP contribution in [0.3, 0.4) is 0 Å². The molecule has 8 nitrogen and oxygen atoms in total. The van der Waals surface area contributed by atoms with Gasteiger partial charge in [-0.25, -0.2) is 13.4 Å². The third-order valence-corrected chi connectivity index (χ3v) is 7.21. The molecule has 0 unspecified atom stereocenters. The van der Waals surface area contributed by atoms with Crippen LogP contribution in [0.5, 0.6) is 5.75 Å². The number of methoxy groups -OCH3 is 1. The number of rotatable bonds is 10. The second kappa shape index (κ2) is 9.93. The lowest BCUT2D eigenvalue weighted by Crippen LogP contribution is -2.30. The highest BCUT2D eigenvalue weighted by Gasteiger charge is 2.22. The van der Waals surface area contributed by atoms with Crippen LogP contribution in [0, 0.1) is 0 Å². The summed E-state index contributed by atoms with van der Waals surface area (Å²) in [5.74, 6) is 0.702. The number of sulfonamides is 1. The Morgan fingerprint density at radius 2 is 1.84 bits per heavy atom. The molecule has 0 radical (unpaired) electrons. The molecular weight excluding hydrogens is 416 g/mol. The van der Waals surface area contributed by atoms with Crippen molar-refractivity contribution in [1.82, 2.24) is 19.2 Å². The molecule has 0 aliphatic rings. The highest BCUT2D eigenvalue weighted by atomic mass is 32.2. The maximum Gasteiger partial charge on any atom is 0.243 e. The van der Waals surface area contributed by atoms with Gasteiger partial charge in [0.05, 0.1) is 29.4 Å². The van der Waals surface area contributed by atoms with Gasteiger partial charge in [0.15, 0.2) is 0 Å². The summed E-state index contributed by atoms with van der Waals surface area (Å²) in [6.07, 6.45) is 1.93. The summed E-state index contributed by atoms with van der Waals surface area (Å²) in [6, 6.07) is 12.5. The van der Waals surface area contributed by atoms with Crippen molar-refractivity contribution in [2.45, 2.75) is 38.3 Å². The van der Waals surface area contributed by atoms with Crippen LogP contribution in [0.4, 0.5) is 0 Å². The number of ether oxygens (including phenoxy) is 1. The Morgan fingerprint density at radius 1 is 1.13 bits per heavy atom. The van der Waals surface area contributed by atoms with Crippen molar-refractivity contribution in [2.24, 2.45) is 0 Å². The average molecular weight is 445 g/mol. The van der Waals surface area contributed by atoms with Crippen molar-refractivity contribution in [2.75, 3.05) is 20.2 Å². The van der Waals surface area contributed by atoms with Crippen LogP contribution in [0.25, 0.3) is 11.0 Å². The molecule has 0 saturated heterocycles. The van der Waals surface area contributed by atoms with E-state index in [0.29, 0.717) is 38.1 Å². The molecule has 0 fully saturated rings. The first kappa shape index (κ1) is 22.8. The van der Waals surface area contributed by atoms with Crippen molar-refractivity contribution in [3.05, 3.63) is 54.4 Å². The van der Waals surface area contributed by atoms with Crippen LogP contribution < -0.4 is 10.1 Å². The number of aryl methyl sites for hydroxylation is 1. The third-order valence-electron chi connectivity index (χ3n) is 5.16. The molecule has 1 N–H and O–H groups in total. The Hall–Kier alpha value is -2.91. The summed E-state index contributed by atoms with van der Waals surface area (Å²) in [7, 11) is -1.92. The van der Waals surface area contributed by atoms with Gasteiger partial charge in [0.25, 0.3) is 0 Å². The first-order valence-corrected chi connectivity index (χ1v) is 11.7. The molecule has 3 rings (SSSR count). The topological polar surface area (TPSA) is 93.5 Å². The van der Waals surface area contributed by atoms with Crippen LogP contribution in [-0.4, -0.2) is 48.4 Å². The largest absolute Gasteiger partial charge is 0.497 e. The highest BCUT2D eigenvalue weighted by molar-refractivity contribution is 7.89. The quantitative estimate of drug-likeness (QED) is 0.519. The van der Waals surface area contributed by atoms with Gasteiger partial charge in [-0.1, -0.05) is 26.0 Å². The minimum atomic E-state index is -3.54. The van der Waals surface area contributed by atoms with Gasteiger partial charge >= 0.3 is 0 Å². The number of aromatic nitrogens is 2. The van der Waals surface area contributed by atoms with Gasteiger partial charge in [-0.2, -0.15) is 4.31 Å². The van der Waals surface area contributed by atoms with Crippen molar-refractivity contribution in [3.8, 4) is 5.75 Å². The van der Waals surface area contributed by atoms with Crippen molar-refractivity contribution >= 4 is 27.0 Å². The number of benzene rings is 2. The number of fused-ring (bicyclic) bond motifs is 1. The molecule has 2 aromatic carbocycles. The van der Waals surface area contributed by atoms with E-state index in [-0.39, 0.29) is 10.8 Å². The van der Waals surface area contributed by atoms with Gasteiger partial charge in [-0.3, -0.25) is 4.79 Å². The smallest absolute Gasteiger partial charge is 0.243 e. The van der Waals surface area contributed by atoms with Gasteiger partial charge in [0, 0.05) is 32.6 Å². The number of carbonyl (C=O) groups is 1. The third kappa shape index (κ3) is 5.23. The van der Waals surface area contributed by atoms with E-state index in [4.69, 9.17) is 4.74 Å². The fourth-order valence-corrected chi connectivity index (χ4v) is 4.83. The van der Waals surface area contributed by atoms with E-state index in [2.05, 4.69) is 10.3 Å². The summed E-state index contributed by atoms with van der Waals surface area (Å²) in [5.41, 5.74) is 2.37.